The number of benzene rings is 1. The van der Waals surface area contributed by atoms with Crippen molar-refractivity contribution in [3.05, 3.63) is 35.9 Å². The van der Waals surface area contributed by atoms with Gasteiger partial charge in [-0.15, -0.1) is 0 Å². The van der Waals surface area contributed by atoms with E-state index < -0.39 is 0 Å². The number of nitrogens with one attached hydrogen (secondary N) is 1. The molecule has 3 heteroatoms. The van der Waals surface area contributed by atoms with Crippen LogP contribution in [0, 0.1) is 5.92 Å². The van der Waals surface area contributed by atoms with Crippen LogP contribution >= 0.6 is 0 Å². The smallest absolute Gasteiger partial charge is 0.226 e. The van der Waals surface area contributed by atoms with Crippen LogP contribution in [0.5, 0.6) is 0 Å². The van der Waals surface area contributed by atoms with E-state index in [-0.39, 0.29) is 5.92 Å². The van der Waals surface area contributed by atoms with Gasteiger partial charge in [0.2, 0.25) is 5.91 Å². The second-order valence-corrected chi connectivity index (χ2v) is 6.14. The molecule has 1 N–H and O–H groups in total. The Morgan fingerprint density at radius 3 is 2.80 bits per heavy atom. The zero-order chi connectivity index (χ0) is 13.9. The molecule has 3 rings (SSSR count). The molecule has 3 nitrogen and oxygen atoms in total. The Morgan fingerprint density at radius 1 is 1.20 bits per heavy atom. The average molecular weight is 272 g/mol. The summed E-state index contributed by atoms with van der Waals surface area (Å²) >= 11 is 0. The molecule has 1 saturated carbocycles. The van der Waals surface area contributed by atoms with Crippen molar-refractivity contribution in [3.8, 4) is 0 Å². The quantitative estimate of drug-likeness (QED) is 0.916. The zero-order valence-corrected chi connectivity index (χ0v) is 12.2. The molecule has 2 aliphatic rings. The summed E-state index contributed by atoms with van der Waals surface area (Å²) in [5.41, 5.74) is 1.32. The third kappa shape index (κ3) is 2.88. The SMILES string of the molecule is CN(C(=O)C1CC1c1ccccc1)C1CCCNCC1. The van der Waals surface area contributed by atoms with Crippen LogP contribution < -0.4 is 5.32 Å². The van der Waals surface area contributed by atoms with Crippen molar-refractivity contribution < 1.29 is 4.79 Å². The normalized spacial score (nSPS) is 29.6. The Morgan fingerprint density at radius 2 is 2.00 bits per heavy atom. The lowest BCUT2D eigenvalue weighted by molar-refractivity contribution is -0.133. The topological polar surface area (TPSA) is 32.3 Å². The maximum Gasteiger partial charge on any atom is 0.226 e. The predicted molar refractivity (Wildman–Crippen MR) is 80.6 cm³/mol. The molecule has 2 fully saturated rings. The van der Waals surface area contributed by atoms with Gasteiger partial charge in [0.25, 0.3) is 0 Å². The molecular weight excluding hydrogens is 248 g/mol. The highest BCUT2D eigenvalue weighted by Gasteiger charge is 2.45. The number of hydrogen-bond donors (Lipinski definition) is 1. The summed E-state index contributed by atoms with van der Waals surface area (Å²) in [4.78, 5) is 14.6. The molecule has 1 aromatic rings. The van der Waals surface area contributed by atoms with Crippen LogP contribution in [0.4, 0.5) is 0 Å². The van der Waals surface area contributed by atoms with E-state index in [9.17, 15) is 4.79 Å². The van der Waals surface area contributed by atoms with Crippen LogP contribution in [-0.4, -0.2) is 37.0 Å². The summed E-state index contributed by atoms with van der Waals surface area (Å²) < 4.78 is 0. The summed E-state index contributed by atoms with van der Waals surface area (Å²) in [6, 6.07) is 10.9. The Labute approximate surface area is 121 Å². The molecule has 0 aromatic heterocycles. The molecule has 3 unspecified atom stereocenters. The van der Waals surface area contributed by atoms with Gasteiger partial charge < -0.3 is 10.2 Å². The van der Waals surface area contributed by atoms with Crippen LogP contribution in [-0.2, 0) is 4.79 Å². The van der Waals surface area contributed by atoms with Gasteiger partial charge >= 0.3 is 0 Å². The van der Waals surface area contributed by atoms with E-state index in [1.165, 1.54) is 12.0 Å². The first-order valence-electron chi connectivity index (χ1n) is 7.79. The highest BCUT2D eigenvalue weighted by molar-refractivity contribution is 5.83. The van der Waals surface area contributed by atoms with Crippen molar-refractivity contribution in [1.82, 2.24) is 10.2 Å². The third-order valence-corrected chi connectivity index (χ3v) is 4.78. The van der Waals surface area contributed by atoms with Crippen molar-refractivity contribution in [1.29, 1.82) is 0 Å². The highest BCUT2D eigenvalue weighted by Crippen LogP contribution is 2.48. The molecule has 20 heavy (non-hydrogen) atoms. The van der Waals surface area contributed by atoms with Gasteiger partial charge in [-0.05, 0) is 50.3 Å². The summed E-state index contributed by atoms with van der Waals surface area (Å²) in [6.07, 6.45) is 4.43. The molecule has 3 atom stereocenters. The minimum absolute atomic E-state index is 0.221. The van der Waals surface area contributed by atoms with Crippen LogP contribution in [0.15, 0.2) is 30.3 Å². The van der Waals surface area contributed by atoms with Gasteiger partial charge in [0.15, 0.2) is 0 Å². The van der Waals surface area contributed by atoms with Crippen LogP contribution in [0.25, 0.3) is 0 Å². The number of amides is 1. The van der Waals surface area contributed by atoms with Gasteiger partial charge in [-0.3, -0.25) is 4.79 Å². The Hall–Kier alpha value is -1.35. The molecule has 1 aliphatic carbocycles. The van der Waals surface area contributed by atoms with E-state index in [1.54, 1.807) is 0 Å². The van der Waals surface area contributed by atoms with Crippen molar-refractivity contribution in [3.63, 3.8) is 0 Å². The summed E-state index contributed by atoms with van der Waals surface area (Å²) in [6.45, 7) is 2.13. The summed E-state index contributed by atoms with van der Waals surface area (Å²) in [5, 5.41) is 3.41. The second kappa shape index (κ2) is 5.96. The Kier molecular flexibility index (Phi) is 4.06. The first kappa shape index (κ1) is 13.6. The molecule has 1 amide bonds. The molecule has 0 spiro atoms. The molecule has 0 radical (unpaired) electrons. The van der Waals surface area contributed by atoms with Crippen molar-refractivity contribution in [2.75, 3.05) is 20.1 Å². The molecule has 1 aromatic carbocycles. The van der Waals surface area contributed by atoms with E-state index >= 15 is 0 Å². The second-order valence-electron chi connectivity index (χ2n) is 6.14. The van der Waals surface area contributed by atoms with Gasteiger partial charge in [-0.25, -0.2) is 0 Å². The lowest BCUT2D eigenvalue weighted by Crippen LogP contribution is -2.38. The largest absolute Gasteiger partial charge is 0.342 e. The molecule has 1 aliphatic heterocycles. The van der Waals surface area contributed by atoms with Gasteiger partial charge in [0, 0.05) is 19.0 Å². The number of hydrogen-bond acceptors (Lipinski definition) is 2. The van der Waals surface area contributed by atoms with Gasteiger partial charge in [-0.2, -0.15) is 0 Å². The molecular formula is C17H24N2O. The van der Waals surface area contributed by atoms with Gasteiger partial charge in [-0.1, -0.05) is 30.3 Å². The first-order valence-corrected chi connectivity index (χ1v) is 7.79. The van der Waals surface area contributed by atoms with Crippen molar-refractivity contribution in [2.45, 2.75) is 37.6 Å². The molecule has 0 bridgehead atoms. The van der Waals surface area contributed by atoms with Crippen LogP contribution in [0.2, 0.25) is 0 Å². The molecule has 1 heterocycles. The fourth-order valence-electron chi connectivity index (χ4n) is 3.37. The van der Waals surface area contributed by atoms with E-state index in [4.69, 9.17) is 0 Å². The minimum Gasteiger partial charge on any atom is -0.342 e. The van der Waals surface area contributed by atoms with E-state index in [2.05, 4.69) is 29.6 Å². The van der Waals surface area contributed by atoms with Crippen molar-refractivity contribution >= 4 is 5.91 Å². The average Bonchev–Trinajstić information content (AvgIpc) is 3.30. The lowest BCUT2D eigenvalue weighted by Gasteiger charge is -2.27. The molecule has 108 valence electrons. The Balaban J connectivity index is 1.59. The minimum atomic E-state index is 0.221. The number of rotatable bonds is 3. The van der Waals surface area contributed by atoms with Crippen LogP contribution in [0.3, 0.4) is 0 Å². The fourth-order valence-corrected chi connectivity index (χ4v) is 3.37. The third-order valence-electron chi connectivity index (χ3n) is 4.78. The fraction of sp³-hybridized carbons (Fsp3) is 0.588. The summed E-state index contributed by atoms with van der Waals surface area (Å²) in [5.74, 6) is 1.03. The number of nitrogens with zero attached hydrogens (tertiary/aromatic N) is 1. The van der Waals surface area contributed by atoms with E-state index in [0.717, 1.165) is 32.4 Å². The number of carbonyl (C=O) groups excluding carboxylic acids is 1. The number of carbonyl (C=O) groups is 1. The Bertz CT molecular complexity index is 451. The summed E-state index contributed by atoms with van der Waals surface area (Å²) in [7, 11) is 2.00. The van der Waals surface area contributed by atoms with Gasteiger partial charge in [0.1, 0.15) is 0 Å². The lowest BCUT2D eigenvalue weighted by atomic mass is 10.1. The van der Waals surface area contributed by atoms with E-state index in [1.807, 2.05) is 18.0 Å². The maximum absolute atomic E-state index is 12.6. The first-order chi connectivity index (χ1) is 9.77. The van der Waals surface area contributed by atoms with Gasteiger partial charge in [0.05, 0.1) is 0 Å². The van der Waals surface area contributed by atoms with Crippen molar-refractivity contribution in [2.24, 2.45) is 5.92 Å². The standard InChI is InChI=1S/C17H24N2O/c1-19(14-8-5-10-18-11-9-14)17(20)16-12-15(16)13-6-3-2-4-7-13/h2-4,6-7,14-16,18H,5,8-12H2,1H3. The van der Waals surface area contributed by atoms with E-state index in [0.29, 0.717) is 17.9 Å². The predicted octanol–water partition coefficient (Wildman–Crippen LogP) is 2.39. The highest BCUT2D eigenvalue weighted by atomic mass is 16.2. The zero-order valence-electron chi connectivity index (χ0n) is 12.2. The monoisotopic (exact) mass is 272 g/mol. The maximum atomic E-state index is 12.6. The molecule has 1 saturated heterocycles. The van der Waals surface area contributed by atoms with Crippen LogP contribution in [0.1, 0.15) is 37.2 Å².